The van der Waals surface area contributed by atoms with E-state index in [1.807, 2.05) is 0 Å². The Hall–Kier alpha value is -2.51. The molecule has 0 heterocycles. The number of ether oxygens (including phenoxy) is 1. The number of hydrogen-bond acceptors (Lipinski definition) is 7. The Morgan fingerprint density at radius 1 is 1.08 bits per heavy atom. The SMILES string of the molecule is CC(=O)OCCSc1c(N)c2c(c(N)c1Cl)C(=O)c1ccccc1C2=O. The van der Waals surface area contributed by atoms with Crippen LogP contribution in [0.4, 0.5) is 11.4 Å². The number of nitrogen functional groups attached to an aromatic ring is 2. The van der Waals surface area contributed by atoms with E-state index in [0.29, 0.717) is 10.6 Å². The maximum atomic E-state index is 12.9. The zero-order valence-corrected chi connectivity index (χ0v) is 15.4. The molecule has 2 aromatic rings. The highest BCUT2D eigenvalue weighted by Gasteiger charge is 2.35. The molecule has 0 saturated heterocycles. The van der Waals surface area contributed by atoms with Gasteiger partial charge in [-0.3, -0.25) is 14.4 Å². The second kappa shape index (κ2) is 7.01. The minimum absolute atomic E-state index is 0.0266. The predicted octanol–water partition coefficient (Wildman–Crippen LogP) is 2.94. The number of ketones is 2. The predicted molar refractivity (Wildman–Crippen MR) is 101 cm³/mol. The summed E-state index contributed by atoms with van der Waals surface area (Å²) in [7, 11) is 0. The first kappa shape index (κ1) is 18.3. The van der Waals surface area contributed by atoms with E-state index >= 15 is 0 Å². The highest BCUT2D eigenvalue weighted by atomic mass is 35.5. The van der Waals surface area contributed by atoms with Crippen molar-refractivity contribution in [1.82, 2.24) is 0 Å². The molecule has 26 heavy (non-hydrogen) atoms. The molecule has 4 N–H and O–H groups in total. The molecular weight excluding hydrogens is 376 g/mol. The first-order chi connectivity index (χ1) is 12.3. The number of halogens is 1. The van der Waals surface area contributed by atoms with E-state index in [-0.39, 0.29) is 56.8 Å². The molecule has 0 aliphatic heterocycles. The van der Waals surface area contributed by atoms with Crippen LogP contribution in [-0.2, 0) is 9.53 Å². The third-order valence-electron chi connectivity index (χ3n) is 3.97. The van der Waals surface area contributed by atoms with Gasteiger partial charge in [0.1, 0.15) is 6.61 Å². The monoisotopic (exact) mass is 390 g/mol. The minimum Gasteiger partial charge on any atom is -0.465 e. The van der Waals surface area contributed by atoms with Gasteiger partial charge in [-0.1, -0.05) is 35.9 Å². The highest BCUT2D eigenvalue weighted by molar-refractivity contribution is 7.99. The molecule has 3 rings (SSSR count). The van der Waals surface area contributed by atoms with Gasteiger partial charge in [0.25, 0.3) is 0 Å². The second-order valence-corrected chi connectivity index (χ2v) is 7.10. The number of nitrogens with two attached hydrogens (primary N) is 2. The molecule has 0 bridgehead atoms. The third-order valence-corrected chi connectivity index (χ3v) is 5.56. The topological polar surface area (TPSA) is 112 Å². The fourth-order valence-corrected chi connectivity index (χ4v) is 4.05. The van der Waals surface area contributed by atoms with Gasteiger partial charge >= 0.3 is 5.97 Å². The normalized spacial score (nSPS) is 12.5. The summed E-state index contributed by atoms with van der Waals surface area (Å²) in [6.45, 7) is 1.47. The first-order valence-corrected chi connectivity index (χ1v) is 9.06. The van der Waals surface area contributed by atoms with Crippen LogP contribution in [-0.4, -0.2) is 29.9 Å². The van der Waals surface area contributed by atoms with Crippen LogP contribution in [0.25, 0.3) is 0 Å². The Balaban J connectivity index is 2.07. The molecule has 0 amide bonds. The summed E-state index contributed by atoms with van der Waals surface area (Å²) in [6.07, 6.45) is 0. The lowest BCUT2D eigenvalue weighted by molar-refractivity contribution is -0.140. The zero-order chi connectivity index (χ0) is 19.0. The Kier molecular flexibility index (Phi) is 4.93. The molecule has 8 heteroatoms. The van der Waals surface area contributed by atoms with E-state index in [2.05, 4.69) is 0 Å². The average Bonchev–Trinajstić information content (AvgIpc) is 2.62. The lowest BCUT2D eigenvalue weighted by Gasteiger charge is -2.23. The zero-order valence-electron chi connectivity index (χ0n) is 13.8. The van der Waals surface area contributed by atoms with Crippen molar-refractivity contribution in [3.05, 3.63) is 51.5 Å². The molecule has 134 valence electrons. The number of hydrogen-bond donors (Lipinski definition) is 2. The largest absolute Gasteiger partial charge is 0.465 e. The Morgan fingerprint density at radius 3 is 2.15 bits per heavy atom. The van der Waals surface area contributed by atoms with Crippen molar-refractivity contribution in [3.8, 4) is 0 Å². The molecular formula is C18H15ClN2O4S. The summed E-state index contributed by atoms with van der Waals surface area (Å²) < 4.78 is 4.87. The summed E-state index contributed by atoms with van der Waals surface area (Å²) in [4.78, 5) is 37.0. The van der Waals surface area contributed by atoms with Gasteiger partial charge in [0.2, 0.25) is 0 Å². The smallest absolute Gasteiger partial charge is 0.302 e. The van der Waals surface area contributed by atoms with Gasteiger partial charge in [0.15, 0.2) is 11.6 Å². The van der Waals surface area contributed by atoms with Gasteiger partial charge in [0.05, 0.1) is 32.4 Å². The lowest BCUT2D eigenvalue weighted by atomic mass is 9.82. The van der Waals surface area contributed by atoms with Crippen LogP contribution in [0.15, 0.2) is 29.2 Å². The van der Waals surface area contributed by atoms with Gasteiger partial charge in [-0.15, -0.1) is 11.8 Å². The quantitative estimate of drug-likeness (QED) is 0.305. The van der Waals surface area contributed by atoms with Crippen LogP contribution in [0, 0.1) is 0 Å². The number of carbonyl (C=O) groups excluding carboxylic acids is 3. The number of anilines is 2. The number of esters is 1. The fraction of sp³-hybridized carbons (Fsp3) is 0.167. The Morgan fingerprint density at radius 2 is 1.62 bits per heavy atom. The summed E-state index contributed by atoms with van der Waals surface area (Å²) >= 11 is 7.53. The summed E-state index contributed by atoms with van der Waals surface area (Å²) in [6, 6.07) is 6.51. The van der Waals surface area contributed by atoms with Crippen molar-refractivity contribution in [2.75, 3.05) is 23.8 Å². The van der Waals surface area contributed by atoms with Gasteiger partial charge < -0.3 is 16.2 Å². The molecule has 2 aromatic carbocycles. The van der Waals surface area contributed by atoms with Crippen molar-refractivity contribution in [2.24, 2.45) is 0 Å². The van der Waals surface area contributed by atoms with Crippen molar-refractivity contribution < 1.29 is 19.1 Å². The summed E-state index contributed by atoms with van der Waals surface area (Å²) in [5, 5.41) is 0.120. The number of fused-ring (bicyclic) bond motifs is 2. The van der Waals surface area contributed by atoms with E-state index in [9.17, 15) is 14.4 Å². The van der Waals surface area contributed by atoms with Crippen LogP contribution in [0.3, 0.4) is 0 Å². The molecule has 0 fully saturated rings. The van der Waals surface area contributed by atoms with Crippen LogP contribution in [0.1, 0.15) is 38.8 Å². The lowest BCUT2D eigenvalue weighted by Crippen LogP contribution is -2.24. The Bertz CT molecular complexity index is 959. The van der Waals surface area contributed by atoms with Gasteiger partial charge in [-0.2, -0.15) is 0 Å². The van der Waals surface area contributed by atoms with Crippen molar-refractivity contribution in [3.63, 3.8) is 0 Å². The number of thioether (sulfide) groups is 1. The Labute approximate surface area is 158 Å². The summed E-state index contributed by atoms with van der Waals surface area (Å²) in [5.74, 6) is -0.761. The third kappa shape index (κ3) is 2.93. The standard InChI is InChI=1S/C18H15ClN2O4S/c1-8(22)25-6-7-26-18-13(19)14(20)11-12(15(18)21)17(24)10-5-3-2-4-9(10)16(11)23/h2-5H,6-7,20-21H2,1H3. The van der Waals surface area contributed by atoms with Crippen molar-refractivity contribution >= 4 is 52.3 Å². The average molecular weight is 391 g/mol. The molecule has 1 aliphatic carbocycles. The van der Waals surface area contributed by atoms with E-state index in [1.165, 1.54) is 18.7 Å². The molecule has 6 nitrogen and oxygen atoms in total. The molecule has 0 unspecified atom stereocenters. The molecule has 0 radical (unpaired) electrons. The van der Waals surface area contributed by atoms with Gasteiger partial charge in [-0.05, 0) is 0 Å². The molecule has 0 aromatic heterocycles. The molecule has 0 saturated carbocycles. The highest BCUT2D eigenvalue weighted by Crippen LogP contribution is 2.45. The number of benzene rings is 2. The van der Waals surface area contributed by atoms with Crippen LogP contribution in [0.2, 0.25) is 5.02 Å². The fourth-order valence-electron chi connectivity index (χ4n) is 2.82. The minimum atomic E-state index is -0.396. The first-order valence-electron chi connectivity index (χ1n) is 7.69. The van der Waals surface area contributed by atoms with E-state index < -0.39 is 5.97 Å². The second-order valence-electron chi connectivity index (χ2n) is 5.61. The van der Waals surface area contributed by atoms with Crippen LogP contribution < -0.4 is 11.5 Å². The van der Waals surface area contributed by atoms with Crippen molar-refractivity contribution in [2.45, 2.75) is 11.8 Å². The van der Waals surface area contributed by atoms with Crippen LogP contribution >= 0.6 is 23.4 Å². The maximum absolute atomic E-state index is 12.9. The number of rotatable bonds is 4. The van der Waals surface area contributed by atoms with Crippen LogP contribution in [0.5, 0.6) is 0 Å². The molecule has 1 aliphatic rings. The van der Waals surface area contributed by atoms with Crippen molar-refractivity contribution in [1.29, 1.82) is 0 Å². The maximum Gasteiger partial charge on any atom is 0.302 e. The van der Waals surface area contributed by atoms with Gasteiger partial charge in [-0.25, -0.2) is 0 Å². The van der Waals surface area contributed by atoms with E-state index in [4.69, 9.17) is 27.8 Å². The van der Waals surface area contributed by atoms with E-state index in [0.717, 1.165) is 0 Å². The molecule has 0 atom stereocenters. The van der Waals surface area contributed by atoms with Gasteiger partial charge in [0, 0.05) is 23.8 Å². The summed E-state index contributed by atoms with van der Waals surface area (Å²) in [5.41, 5.74) is 13.1. The van der Waals surface area contributed by atoms with E-state index in [1.54, 1.807) is 24.3 Å². The molecule has 0 spiro atoms. The number of carbonyl (C=O) groups is 3.